The summed E-state index contributed by atoms with van der Waals surface area (Å²) < 4.78 is 0. The highest BCUT2D eigenvalue weighted by atomic mass is 15.1. The Bertz CT molecular complexity index is 1410. The van der Waals surface area contributed by atoms with Crippen molar-refractivity contribution in [1.29, 1.82) is 0 Å². The van der Waals surface area contributed by atoms with E-state index in [1.54, 1.807) is 16.4 Å². The zero-order valence-electron chi connectivity index (χ0n) is 23.6. The van der Waals surface area contributed by atoms with E-state index in [0.717, 1.165) is 18.3 Å². The van der Waals surface area contributed by atoms with E-state index >= 15 is 0 Å². The number of hydrogen-bond donors (Lipinski definition) is 0. The van der Waals surface area contributed by atoms with Gasteiger partial charge in [0, 0.05) is 6.04 Å². The first-order valence-corrected chi connectivity index (χ1v) is 15.5. The molecular formula is C37H45N. The lowest BCUT2D eigenvalue weighted by Crippen LogP contribution is -2.34. The fourth-order valence-corrected chi connectivity index (χ4v) is 7.96. The van der Waals surface area contributed by atoms with Gasteiger partial charge < -0.3 is 0 Å². The van der Waals surface area contributed by atoms with Crippen LogP contribution in [0.15, 0.2) is 60.7 Å². The molecule has 0 aromatic heterocycles. The van der Waals surface area contributed by atoms with Crippen molar-refractivity contribution in [3.63, 3.8) is 0 Å². The van der Waals surface area contributed by atoms with Gasteiger partial charge in [-0.3, -0.25) is 4.90 Å². The molecule has 0 bridgehead atoms. The van der Waals surface area contributed by atoms with Crippen LogP contribution in [0.2, 0.25) is 0 Å². The van der Waals surface area contributed by atoms with Crippen LogP contribution < -0.4 is 10.4 Å². The van der Waals surface area contributed by atoms with Gasteiger partial charge in [0.25, 0.3) is 0 Å². The van der Waals surface area contributed by atoms with Crippen LogP contribution in [-0.4, -0.2) is 18.0 Å². The zero-order chi connectivity index (χ0) is 25.9. The Morgan fingerprint density at radius 3 is 2.50 bits per heavy atom. The Kier molecular flexibility index (Phi) is 7.84. The molecule has 0 amide bonds. The van der Waals surface area contributed by atoms with Crippen molar-refractivity contribution in [2.75, 3.05) is 13.1 Å². The molecular weight excluding hydrogens is 458 g/mol. The maximum Gasteiger partial charge on any atom is 0.0388 e. The van der Waals surface area contributed by atoms with Crippen LogP contribution in [0, 0.1) is 11.8 Å². The van der Waals surface area contributed by atoms with Gasteiger partial charge in [0.05, 0.1) is 0 Å². The molecule has 3 aliphatic carbocycles. The summed E-state index contributed by atoms with van der Waals surface area (Å²) in [5, 5.41) is 6.02. The summed E-state index contributed by atoms with van der Waals surface area (Å²) >= 11 is 0. The second-order valence-corrected chi connectivity index (χ2v) is 12.0. The molecule has 0 aliphatic heterocycles. The zero-order valence-corrected chi connectivity index (χ0v) is 23.6. The van der Waals surface area contributed by atoms with Gasteiger partial charge in [0.1, 0.15) is 0 Å². The molecule has 198 valence electrons. The van der Waals surface area contributed by atoms with Gasteiger partial charge in [-0.1, -0.05) is 98.7 Å². The van der Waals surface area contributed by atoms with Gasteiger partial charge in [-0.05, 0) is 121 Å². The van der Waals surface area contributed by atoms with E-state index in [1.165, 1.54) is 98.0 Å². The number of hydrogen-bond acceptors (Lipinski definition) is 1. The van der Waals surface area contributed by atoms with Gasteiger partial charge in [0.2, 0.25) is 0 Å². The molecule has 1 fully saturated rings. The predicted molar refractivity (Wildman–Crippen MR) is 164 cm³/mol. The second-order valence-electron chi connectivity index (χ2n) is 12.0. The molecule has 0 radical (unpaired) electrons. The standard InChI is InChI=1S/C37H45N/c1-3-25-38(26-4-2)37-18-10-17-32-35-22-21-33-30(15-9-16-31(33)34(35)23-24-36(32)37)29-14-8-13-28(29)20-19-27-11-6-5-7-12-27/h5-7,10-12,16-17,21-24,28-29,37H,3-4,8-9,13-15,18-20,25-26H2,1-2H3. The van der Waals surface area contributed by atoms with Crippen LogP contribution in [-0.2, 0) is 6.42 Å². The number of nitrogens with zero attached hydrogens (tertiary/aromatic N) is 1. The third-order valence-electron chi connectivity index (χ3n) is 9.64. The van der Waals surface area contributed by atoms with Gasteiger partial charge in [0.15, 0.2) is 0 Å². The van der Waals surface area contributed by atoms with Crippen LogP contribution in [0.5, 0.6) is 0 Å². The van der Waals surface area contributed by atoms with Crippen LogP contribution >= 0.6 is 0 Å². The summed E-state index contributed by atoms with van der Waals surface area (Å²) in [6.07, 6.45) is 20.1. The summed E-state index contributed by atoms with van der Waals surface area (Å²) in [5.74, 6) is 1.60. The summed E-state index contributed by atoms with van der Waals surface area (Å²) in [4.78, 5) is 2.72. The molecule has 1 nitrogen and oxygen atoms in total. The van der Waals surface area contributed by atoms with Crippen LogP contribution in [0.3, 0.4) is 0 Å². The summed E-state index contributed by atoms with van der Waals surface area (Å²) in [7, 11) is 0. The fraction of sp³-hybridized carbons (Fsp3) is 0.459. The minimum atomic E-state index is 0.519. The maximum atomic E-state index is 2.72. The van der Waals surface area contributed by atoms with Crippen LogP contribution in [0.4, 0.5) is 0 Å². The molecule has 0 heterocycles. The molecule has 0 N–H and O–H groups in total. The highest BCUT2D eigenvalue weighted by Crippen LogP contribution is 2.42. The van der Waals surface area contributed by atoms with Crippen LogP contribution in [0.1, 0.15) is 94.4 Å². The number of fused-ring (bicyclic) bond motifs is 5. The quantitative estimate of drug-likeness (QED) is 0.284. The van der Waals surface area contributed by atoms with E-state index < -0.39 is 0 Å². The first kappa shape index (κ1) is 25.6. The largest absolute Gasteiger partial charge is 0.296 e. The molecule has 3 aliphatic rings. The lowest BCUT2D eigenvalue weighted by molar-refractivity contribution is 0.197. The normalized spacial score (nSPS) is 22.5. The SMILES string of the molecule is CCCN(CCC)C1CC=Cc2c1ccc1c3c(ccc21)=C(C1CCCC1CCc1ccccc1)CCC=3. The molecule has 3 aromatic carbocycles. The molecule has 38 heavy (non-hydrogen) atoms. The van der Waals surface area contributed by atoms with Crippen molar-refractivity contribution in [2.45, 2.75) is 84.1 Å². The first-order chi connectivity index (χ1) is 18.8. The molecule has 0 saturated heterocycles. The van der Waals surface area contributed by atoms with E-state index in [4.69, 9.17) is 0 Å². The van der Waals surface area contributed by atoms with Crippen molar-refractivity contribution in [3.05, 3.63) is 87.8 Å². The Labute approximate surface area is 230 Å². The number of benzene rings is 3. The van der Waals surface area contributed by atoms with Crippen molar-refractivity contribution in [1.82, 2.24) is 4.90 Å². The van der Waals surface area contributed by atoms with E-state index in [-0.39, 0.29) is 0 Å². The van der Waals surface area contributed by atoms with Gasteiger partial charge in [-0.15, -0.1) is 0 Å². The van der Waals surface area contributed by atoms with Crippen molar-refractivity contribution < 1.29 is 0 Å². The lowest BCUT2D eigenvalue weighted by Gasteiger charge is -2.34. The van der Waals surface area contributed by atoms with E-state index in [1.807, 2.05) is 0 Å². The predicted octanol–water partition coefficient (Wildman–Crippen LogP) is 8.19. The third-order valence-corrected chi connectivity index (χ3v) is 9.64. The molecule has 3 aromatic rings. The molecule has 1 heteroatoms. The highest BCUT2D eigenvalue weighted by Gasteiger charge is 2.31. The average Bonchev–Trinajstić information content (AvgIpc) is 3.44. The smallest absolute Gasteiger partial charge is 0.0388 e. The Morgan fingerprint density at radius 1 is 0.868 bits per heavy atom. The second kappa shape index (κ2) is 11.6. The Balaban J connectivity index is 1.37. The highest BCUT2D eigenvalue weighted by molar-refractivity contribution is 5.94. The van der Waals surface area contributed by atoms with Gasteiger partial charge in [-0.25, -0.2) is 0 Å². The first-order valence-electron chi connectivity index (χ1n) is 15.5. The Morgan fingerprint density at radius 2 is 1.68 bits per heavy atom. The minimum Gasteiger partial charge on any atom is -0.296 e. The van der Waals surface area contributed by atoms with E-state index in [9.17, 15) is 0 Å². The topological polar surface area (TPSA) is 3.24 Å². The van der Waals surface area contributed by atoms with Gasteiger partial charge >= 0.3 is 0 Å². The summed E-state index contributed by atoms with van der Waals surface area (Å²) in [5.41, 5.74) is 6.28. The van der Waals surface area contributed by atoms with Crippen molar-refractivity contribution >= 4 is 28.5 Å². The molecule has 1 saturated carbocycles. The van der Waals surface area contributed by atoms with Crippen LogP contribution in [0.25, 0.3) is 28.5 Å². The van der Waals surface area contributed by atoms with E-state index in [2.05, 4.69) is 91.6 Å². The van der Waals surface area contributed by atoms with Gasteiger partial charge in [-0.2, -0.15) is 0 Å². The van der Waals surface area contributed by atoms with Crippen molar-refractivity contribution in [2.24, 2.45) is 11.8 Å². The lowest BCUT2D eigenvalue weighted by atomic mass is 9.79. The van der Waals surface area contributed by atoms with Crippen molar-refractivity contribution in [3.8, 4) is 0 Å². The third kappa shape index (κ3) is 4.91. The number of aryl methyl sites for hydroxylation is 1. The maximum absolute atomic E-state index is 2.72. The number of rotatable bonds is 9. The summed E-state index contributed by atoms with van der Waals surface area (Å²) in [6.45, 7) is 7.00. The molecule has 6 rings (SSSR count). The molecule has 3 unspecified atom stereocenters. The Hall–Kier alpha value is -2.64. The molecule has 0 spiro atoms. The average molecular weight is 504 g/mol. The molecule has 3 atom stereocenters. The monoisotopic (exact) mass is 503 g/mol. The van der Waals surface area contributed by atoms with E-state index in [0.29, 0.717) is 6.04 Å². The minimum absolute atomic E-state index is 0.519. The fourth-order valence-electron chi connectivity index (χ4n) is 7.96. The summed E-state index contributed by atoms with van der Waals surface area (Å²) in [6, 6.07) is 21.6.